The van der Waals surface area contributed by atoms with Gasteiger partial charge < -0.3 is 19.7 Å². The maximum atomic E-state index is 13.9. The fourth-order valence-electron chi connectivity index (χ4n) is 5.02. The van der Waals surface area contributed by atoms with E-state index >= 15 is 0 Å². The number of sulfonamides is 1. The van der Waals surface area contributed by atoms with Crippen LogP contribution < -0.4 is 19.7 Å². The zero-order valence-corrected chi connectivity index (χ0v) is 23.5. The molecular weight excluding hydrogens is 554 g/mol. The van der Waals surface area contributed by atoms with Crippen LogP contribution in [0.4, 0.5) is 5.69 Å². The summed E-state index contributed by atoms with van der Waals surface area (Å²) in [6, 6.07) is 20.9. The number of fused-ring (bicyclic) bond motifs is 1. The molecule has 2 atom stereocenters. The maximum Gasteiger partial charge on any atom is 0.263 e. The second-order valence-corrected chi connectivity index (χ2v) is 12.1. The molecule has 1 fully saturated rings. The van der Waals surface area contributed by atoms with E-state index in [1.807, 2.05) is 30.3 Å². The molecule has 1 N–H and O–H groups in total. The molecule has 2 aliphatic heterocycles. The summed E-state index contributed by atoms with van der Waals surface area (Å²) >= 11 is 6.19. The number of benzene rings is 3. The molecule has 0 aliphatic carbocycles. The molecule has 0 saturated carbocycles. The lowest BCUT2D eigenvalue weighted by Gasteiger charge is -2.38. The number of para-hydroxylation sites is 2. The summed E-state index contributed by atoms with van der Waals surface area (Å²) in [5.41, 5.74) is 1.50. The molecule has 11 heteroatoms. The van der Waals surface area contributed by atoms with Gasteiger partial charge in [0.15, 0.2) is 6.10 Å². The number of hydrogen-bond donors (Lipinski definition) is 1. The highest BCUT2D eigenvalue weighted by atomic mass is 35.5. The van der Waals surface area contributed by atoms with Gasteiger partial charge in [0.1, 0.15) is 11.5 Å². The number of rotatable bonds is 7. The fraction of sp³-hybridized carbons (Fsp3) is 0.310. The van der Waals surface area contributed by atoms with Crippen LogP contribution in [-0.2, 0) is 26.2 Å². The van der Waals surface area contributed by atoms with E-state index in [0.717, 1.165) is 5.56 Å². The average molecular weight is 584 g/mol. The Morgan fingerprint density at radius 2 is 1.80 bits per heavy atom. The van der Waals surface area contributed by atoms with E-state index in [9.17, 15) is 18.0 Å². The van der Waals surface area contributed by atoms with Crippen LogP contribution >= 0.6 is 11.6 Å². The summed E-state index contributed by atoms with van der Waals surface area (Å²) in [6.07, 6.45) is 0.137. The highest BCUT2D eigenvalue weighted by molar-refractivity contribution is 7.89. The number of carbonyl (C=O) groups is 2. The maximum absolute atomic E-state index is 13.9. The molecule has 210 valence electrons. The van der Waals surface area contributed by atoms with Crippen molar-refractivity contribution in [2.24, 2.45) is 5.92 Å². The minimum absolute atomic E-state index is 0.0216. The third-order valence-electron chi connectivity index (χ3n) is 7.14. The molecule has 0 spiro atoms. The van der Waals surface area contributed by atoms with Gasteiger partial charge in [-0.1, -0.05) is 54.1 Å². The lowest BCUT2D eigenvalue weighted by atomic mass is 9.97. The monoisotopic (exact) mass is 583 g/mol. The second-order valence-electron chi connectivity index (χ2n) is 9.73. The van der Waals surface area contributed by atoms with E-state index in [1.54, 1.807) is 29.2 Å². The highest BCUT2D eigenvalue weighted by Crippen LogP contribution is 2.36. The standard InChI is InChI=1S/C29H30ClN3O6S/c1-38-25-14-13-22(16-23(25)30)40(36,37)32-15-7-10-21(18-32)29(35)33-19-27(39-26-12-6-5-11-24(26)33)28(34)31-17-20-8-3-2-4-9-20/h2-6,8-9,11-14,16,21,27H,7,10,15,17-19H2,1H3,(H,31,34)/t21-,27+/m0/s1. The second kappa shape index (κ2) is 11.9. The van der Waals surface area contributed by atoms with Crippen LogP contribution in [-0.4, -0.2) is 57.4 Å². The summed E-state index contributed by atoms with van der Waals surface area (Å²) in [6.45, 7) is 0.670. The molecule has 1 saturated heterocycles. The third-order valence-corrected chi connectivity index (χ3v) is 9.29. The number of nitrogens with one attached hydrogen (secondary N) is 1. The van der Waals surface area contributed by atoms with Crippen molar-refractivity contribution in [1.82, 2.24) is 9.62 Å². The first-order valence-corrected chi connectivity index (χ1v) is 14.8. The highest BCUT2D eigenvalue weighted by Gasteiger charge is 2.39. The Hall–Kier alpha value is -3.60. The van der Waals surface area contributed by atoms with Crippen molar-refractivity contribution in [1.29, 1.82) is 0 Å². The SMILES string of the molecule is COc1ccc(S(=O)(=O)N2CCC[C@H](C(=O)N3C[C@H](C(=O)NCc4ccccc4)Oc4ccccc43)C2)cc1Cl. The number of amides is 2. The van der Waals surface area contributed by atoms with Gasteiger partial charge in [-0.25, -0.2) is 8.42 Å². The zero-order valence-electron chi connectivity index (χ0n) is 22.0. The van der Waals surface area contributed by atoms with Gasteiger partial charge in [0.05, 0.1) is 35.2 Å². The van der Waals surface area contributed by atoms with Gasteiger partial charge in [0.25, 0.3) is 5.91 Å². The molecule has 0 unspecified atom stereocenters. The Labute approximate surface area is 238 Å². The molecule has 0 bridgehead atoms. The molecule has 3 aromatic carbocycles. The number of halogens is 1. The topological polar surface area (TPSA) is 105 Å². The van der Waals surface area contributed by atoms with Gasteiger partial charge in [-0.05, 0) is 48.7 Å². The van der Waals surface area contributed by atoms with Crippen molar-refractivity contribution in [3.05, 3.63) is 83.4 Å². The molecule has 40 heavy (non-hydrogen) atoms. The Morgan fingerprint density at radius 1 is 1.05 bits per heavy atom. The van der Waals surface area contributed by atoms with Crippen molar-refractivity contribution in [2.45, 2.75) is 30.4 Å². The summed E-state index contributed by atoms with van der Waals surface area (Å²) in [5, 5.41) is 3.08. The predicted octanol–water partition coefficient (Wildman–Crippen LogP) is 3.86. The van der Waals surface area contributed by atoms with Crippen molar-refractivity contribution in [3.63, 3.8) is 0 Å². The van der Waals surface area contributed by atoms with Gasteiger partial charge in [-0.3, -0.25) is 9.59 Å². The summed E-state index contributed by atoms with van der Waals surface area (Å²) in [5.74, 6) is -0.364. The Kier molecular flexibility index (Phi) is 8.30. The molecule has 9 nitrogen and oxygen atoms in total. The number of piperidine rings is 1. The molecule has 5 rings (SSSR count). The average Bonchev–Trinajstić information content (AvgIpc) is 2.99. The molecular formula is C29H30ClN3O6S. The number of carbonyl (C=O) groups excluding carboxylic acids is 2. The normalized spacial score (nSPS) is 19.3. The van der Waals surface area contributed by atoms with Gasteiger partial charge in [-0.15, -0.1) is 0 Å². The van der Waals surface area contributed by atoms with Crippen LogP contribution in [0.15, 0.2) is 77.7 Å². The first-order valence-electron chi connectivity index (χ1n) is 13.0. The Bertz CT molecular complexity index is 1500. The molecule has 2 amide bonds. The molecule has 2 heterocycles. The minimum Gasteiger partial charge on any atom is -0.495 e. The lowest BCUT2D eigenvalue weighted by molar-refractivity contribution is -0.129. The number of methoxy groups -OCH3 is 1. The van der Waals surface area contributed by atoms with E-state index < -0.39 is 22.0 Å². The lowest BCUT2D eigenvalue weighted by Crippen LogP contribution is -2.53. The fourth-order valence-corrected chi connectivity index (χ4v) is 6.89. The van der Waals surface area contributed by atoms with Crippen molar-refractivity contribution < 1.29 is 27.5 Å². The number of anilines is 1. The van der Waals surface area contributed by atoms with Gasteiger partial charge in [-0.2, -0.15) is 4.31 Å². The smallest absolute Gasteiger partial charge is 0.263 e. The van der Waals surface area contributed by atoms with E-state index in [2.05, 4.69) is 5.32 Å². The summed E-state index contributed by atoms with van der Waals surface area (Å²) in [7, 11) is -2.44. The summed E-state index contributed by atoms with van der Waals surface area (Å²) < 4.78 is 39.3. The van der Waals surface area contributed by atoms with Crippen LogP contribution in [0.1, 0.15) is 18.4 Å². The van der Waals surface area contributed by atoms with Crippen LogP contribution in [0.2, 0.25) is 5.02 Å². The first kappa shape index (κ1) is 27.9. The first-order chi connectivity index (χ1) is 19.3. The largest absolute Gasteiger partial charge is 0.495 e. The predicted molar refractivity (Wildman–Crippen MR) is 151 cm³/mol. The quantitative estimate of drug-likeness (QED) is 0.453. The third kappa shape index (κ3) is 5.79. The van der Waals surface area contributed by atoms with Crippen molar-refractivity contribution in [3.8, 4) is 11.5 Å². The molecule has 2 aliphatic rings. The summed E-state index contributed by atoms with van der Waals surface area (Å²) in [4.78, 5) is 28.5. The molecule has 3 aromatic rings. The Morgan fingerprint density at radius 3 is 2.55 bits per heavy atom. The van der Waals surface area contributed by atoms with Gasteiger partial charge in [0, 0.05) is 19.6 Å². The number of ether oxygens (including phenoxy) is 2. The zero-order chi connectivity index (χ0) is 28.3. The van der Waals surface area contributed by atoms with E-state index in [1.165, 1.54) is 29.6 Å². The van der Waals surface area contributed by atoms with E-state index in [-0.39, 0.29) is 34.8 Å². The van der Waals surface area contributed by atoms with Crippen molar-refractivity contribution in [2.75, 3.05) is 31.6 Å². The molecule has 0 aromatic heterocycles. The van der Waals surface area contributed by atoms with Gasteiger partial charge >= 0.3 is 0 Å². The number of hydrogen-bond acceptors (Lipinski definition) is 6. The van der Waals surface area contributed by atoms with Gasteiger partial charge in [0.2, 0.25) is 15.9 Å². The van der Waals surface area contributed by atoms with E-state index in [0.29, 0.717) is 43.1 Å². The number of nitrogens with zero attached hydrogens (tertiary/aromatic N) is 2. The van der Waals surface area contributed by atoms with Crippen LogP contribution in [0, 0.1) is 5.92 Å². The minimum atomic E-state index is -3.89. The Balaban J connectivity index is 1.33. The van der Waals surface area contributed by atoms with Crippen LogP contribution in [0.3, 0.4) is 0 Å². The van der Waals surface area contributed by atoms with E-state index in [4.69, 9.17) is 21.1 Å². The van der Waals surface area contributed by atoms with Crippen LogP contribution in [0.5, 0.6) is 11.5 Å². The van der Waals surface area contributed by atoms with Crippen LogP contribution in [0.25, 0.3) is 0 Å². The van der Waals surface area contributed by atoms with Crippen molar-refractivity contribution >= 4 is 39.1 Å². The molecule has 0 radical (unpaired) electrons.